The molecule has 0 unspecified atom stereocenters. The summed E-state index contributed by atoms with van der Waals surface area (Å²) in [6, 6.07) is 13.3. The van der Waals surface area contributed by atoms with Crippen molar-refractivity contribution >= 4 is 68.0 Å². The zero-order chi connectivity index (χ0) is 26.8. The van der Waals surface area contributed by atoms with Crippen molar-refractivity contribution in [3.8, 4) is 17.1 Å². The number of rotatable bonds is 8. The van der Waals surface area contributed by atoms with Crippen LogP contribution in [0.5, 0.6) is 5.75 Å². The van der Waals surface area contributed by atoms with E-state index < -0.39 is 0 Å². The Morgan fingerprint density at radius 2 is 1.95 bits per heavy atom. The van der Waals surface area contributed by atoms with Crippen LogP contribution in [0.3, 0.4) is 0 Å². The second kappa shape index (κ2) is 11.2. The first-order valence-corrected chi connectivity index (χ1v) is 14.8. The molecule has 3 aromatic heterocycles. The molecule has 1 amide bonds. The van der Waals surface area contributed by atoms with Gasteiger partial charge in [0.25, 0.3) is 5.56 Å². The van der Waals surface area contributed by atoms with Crippen LogP contribution in [0.4, 0.5) is 5.13 Å². The fourth-order valence-corrected chi connectivity index (χ4v) is 6.60. The van der Waals surface area contributed by atoms with Gasteiger partial charge in [-0.05, 0) is 68.9 Å². The molecule has 12 heteroatoms. The smallest absolute Gasteiger partial charge is 0.278 e. The molecule has 5 rings (SSSR count). The molecule has 2 aromatic carbocycles. The number of aryl methyl sites for hydroxylation is 2. The van der Waals surface area contributed by atoms with Crippen LogP contribution in [-0.4, -0.2) is 37.4 Å². The van der Waals surface area contributed by atoms with Crippen molar-refractivity contribution in [2.24, 2.45) is 0 Å². The van der Waals surface area contributed by atoms with Gasteiger partial charge in [-0.25, -0.2) is 9.97 Å². The van der Waals surface area contributed by atoms with Crippen LogP contribution in [-0.2, 0) is 4.79 Å². The monoisotopic (exact) mass is 581 g/mol. The maximum Gasteiger partial charge on any atom is 0.278 e. The van der Waals surface area contributed by atoms with E-state index >= 15 is 0 Å². The normalized spacial score (nSPS) is 11.1. The predicted molar refractivity (Wildman–Crippen MR) is 157 cm³/mol. The van der Waals surface area contributed by atoms with Gasteiger partial charge in [-0.15, -0.1) is 11.3 Å². The van der Waals surface area contributed by atoms with E-state index in [1.807, 2.05) is 49.6 Å². The first-order valence-electron chi connectivity index (χ1n) is 11.7. The summed E-state index contributed by atoms with van der Waals surface area (Å²) in [6.45, 7) is 6.49. The third kappa shape index (κ3) is 5.30. The lowest BCUT2D eigenvalue weighted by Crippen LogP contribution is -2.22. The molecule has 194 valence electrons. The van der Waals surface area contributed by atoms with Crippen molar-refractivity contribution in [1.29, 1.82) is 0 Å². The number of nitrogens with zero attached hydrogens (tertiary/aromatic N) is 4. The molecule has 0 saturated heterocycles. The lowest BCUT2D eigenvalue weighted by Gasteiger charge is -2.14. The lowest BCUT2D eigenvalue weighted by atomic mass is 10.1. The van der Waals surface area contributed by atoms with Gasteiger partial charge in [0.15, 0.2) is 19.9 Å². The molecule has 0 bridgehead atoms. The highest BCUT2D eigenvalue weighted by atomic mass is 32.2. The quantitative estimate of drug-likeness (QED) is 0.133. The average molecular weight is 582 g/mol. The van der Waals surface area contributed by atoms with Gasteiger partial charge in [0.05, 0.1) is 23.7 Å². The summed E-state index contributed by atoms with van der Waals surface area (Å²) in [5.74, 6) is 0.504. The number of ether oxygens (including phenoxy) is 1. The molecule has 0 aliphatic carbocycles. The van der Waals surface area contributed by atoms with Crippen LogP contribution in [0.1, 0.15) is 18.1 Å². The minimum absolute atomic E-state index is 0.0446. The SMILES string of the molecule is CCOc1ccc(-n2c(SCC(=O)Nc3nccs3)nc3c(sc(=S)n3-c3ccc(C)cc3C)c2=O)cc1. The van der Waals surface area contributed by atoms with Crippen molar-refractivity contribution in [3.05, 3.63) is 79.5 Å². The number of anilines is 1. The van der Waals surface area contributed by atoms with E-state index in [9.17, 15) is 9.59 Å². The summed E-state index contributed by atoms with van der Waals surface area (Å²) in [5, 5.41) is 5.46. The van der Waals surface area contributed by atoms with Gasteiger partial charge in [-0.3, -0.25) is 18.7 Å². The average Bonchev–Trinajstić information content (AvgIpc) is 3.51. The van der Waals surface area contributed by atoms with Gasteiger partial charge in [0.2, 0.25) is 5.91 Å². The number of carbonyl (C=O) groups excluding carboxylic acids is 1. The number of fused-ring (bicyclic) bond motifs is 1. The number of aromatic nitrogens is 4. The van der Waals surface area contributed by atoms with Crippen molar-refractivity contribution in [1.82, 2.24) is 19.1 Å². The molecule has 0 aliphatic heterocycles. The largest absolute Gasteiger partial charge is 0.494 e. The van der Waals surface area contributed by atoms with Gasteiger partial charge >= 0.3 is 0 Å². The Balaban J connectivity index is 1.64. The summed E-state index contributed by atoms with van der Waals surface area (Å²) < 4.78 is 9.90. The first-order chi connectivity index (χ1) is 18.4. The summed E-state index contributed by atoms with van der Waals surface area (Å²) in [4.78, 5) is 35.6. The second-order valence-corrected chi connectivity index (χ2v) is 11.8. The van der Waals surface area contributed by atoms with Gasteiger partial charge in [0.1, 0.15) is 10.4 Å². The number of hydrogen-bond donors (Lipinski definition) is 1. The molecular formula is C26H23N5O3S4. The van der Waals surface area contributed by atoms with Crippen LogP contribution < -0.4 is 15.6 Å². The van der Waals surface area contributed by atoms with Crippen molar-refractivity contribution < 1.29 is 9.53 Å². The van der Waals surface area contributed by atoms with Crippen molar-refractivity contribution in [2.75, 3.05) is 17.7 Å². The number of amides is 1. The Morgan fingerprint density at radius 1 is 1.16 bits per heavy atom. The molecule has 0 spiro atoms. The Kier molecular flexibility index (Phi) is 7.75. The Bertz CT molecular complexity index is 1740. The van der Waals surface area contributed by atoms with Crippen LogP contribution in [0.15, 0.2) is 64.0 Å². The number of thiazole rings is 2. The van der Waals surface area contributed by atoms with E-state index in [0.717, 1.165) is 16.8 Å². The minimum Gasteiger partial charge on any atom is -0.494 e. The molecule has 38 heavy (non-hydrogen) atoms. The second-order valence-electron chi connectivity index (χ2n) is 8.28. The molecule has 0 atom stereocenters. The van der Waals surface area contributed by atoms with Crippen LogP contribution in [0.25, 0.3) is 21.7 Å². The number of hydrogen-bond acceptors (Lipinski definition) is 9. The van der Waals surface area contributed by atoms with E-state index in [1.54, 1.807) is 23.7 Å². The minimum atomic E-state index is -0.249. The molecule has 1 N–H and O–H groups in total. The summed E-state index contributed by atoms with van der Waals surface area (Å²) in [5.41, 5.74) is 3.87. The standard InChI is InChI=1S/C26H23N5O3S4/c1-4-34-18-8-6-17(7-9-18)30-23(33)21-22(29-25(30)37-14-20(32)28-24-27-11-12-36-24)31(26(35)38-21)19-10-5-15(2)13-16(19)3/h5-13H,4,14H2,1-3H3,(H,27,28,32). The number of carbonyl (C=O) groups is 1. The maximum atomic E-state index is 13.9. The Labute approximate surface area is 236 Å². The maximum absolute atomic E-state index is 13.9. The fraction of sp³-hybridized carbons (Fsp3) is 0.192. The highest BCUT2D eigenvalue weighted by Crippen LogP contribution is 2.29. The summed E-state index contributed by atoms with van der Waals surface area (Å²) >= 11 is 9.45. The summed E-state index contributed by atoms with van der Waals surface area (Å²) in [6.07, 6.45) is 1.63. The zero-order valence-corrected chi connectivity index (χ0v) is 24.0. The van der Waals surface area contributed by atoms with Crippen LogP contribution in [0.2, 0.25) is 0 Å². The number of thioether (sulfide) groups is 1. The van der Waals surface area contributed by atoms with Crippen LogP contribution in [0, 0.1) is 17.8 Å². The van der Waals surface area contributed by atoms with E-state index in [-0.39, 0.29) is 17.2 Å². The van der Waals surface area contributed by atoms with Crippen molar-refractivity contribution in [2.45, 2.75) is 25.9 Å². The highest BCUT2D eigenvalue weighted by molar-refractivity contribution is 7.99. The molecule has 0 aliphatic rings. The fourth-order valence-electron chi connectivity index (χ4n) is 3.96. The predicted octanol–water partition coefficient (Wildman–Crippen LogP) is 6.17. The molecule has 8 nitrogen and oxygen atoms in total. The number of nitrogens with one attached hydrogen (secondary N) is 1. The third-order valence-corrected chi connectivity index (χ3v) is 8.57. The number of benzene rings is 2. The van der Waals surface area contributed by atoms with Gasteiger partial charge in [0, 0.05) is 11.6 Å². The van der Waals surface area contributed by atoms with Crippen molar-refractivity contribution in [3.63, 3.8) is 0 Å². The van der Waals surface area contributed by atoms with E-state index in [4.69, 9.17) is 21.9 Å². The molecule has 5 aromatic rings. The first kappa shape index (κ1) is 26.3. The molecule has 0 fully saturated rings. The van der Waals surface area contributed by atoms with E-state index in [2.05, 4.69) is 16.4 Å². The zero-order valence-electron chi connectivity index (χ0n) is 20.8. The van der Waals surface area contributed by atoms with Gasteiger partial charge in [-0.2, -0.15) is 0 Å². The van der Waals surface area contributed by atoms with Gasteiger partial charge < -0.3 is 10.1 Å². The molecule has 3 heterocycles. The topological polar surface area (TPSA) is 91.0 Å². The lowest BCUT2D eigenvalue weighted by molar-refractivity contribution is -0.113. The van der Waals surface area contributed by atoms with Gasteiger partial charge in [-0.1, -0.05) is 40.8 Å². The van der Waals surface area contributed by atoms with E-state index in [0.29, 0.717) is 42.6 Å². The highest BCUT2D eigenvalue weighted by Gasteiger charge is 2.21. The Morgan fingerprint density at radius 3 is 2.63 bits per heavy atom. The molecule has 0 saturated carbocycles. The molecular weight excluding hydrogens is 559 g/mol. The molecule has 0 radical (unpaired) electrons. The Hall–Kier alpha value is -3.32. The van der Waals surface area contributed by atoms with Crippen LogP contribution >= 0.6 is 46.7 Å². The summed E-state index contributed by atoms with van der Waals surface area (Å²) in [7, 11) is 0. The van der Waals surface area contributed by atoms with E-state index in [1.165, 1.54) is 39.0 Å². The third-order valence-electron chi connectivity index (χ3n) is 5.59.